The molecular weight excluding hydrogens is 447 g/mol. The molecule has 0 saturated heterocycles. The van der Waals surface area contributed by atoms with E-state index in [-0.39, 0.29) is 16.5 Å². The molecule has 3 aromatic rings. The van der Waals surface area contributed by atoms with Gasteiger partial charge in [0.2, 0.25) is 0 Å². The van der Waals surface area contributed by atoms with Crippen LogP contribution in [0.25, 0.3) is 10.9 Å². The summed E-state index contributed by atoms with van der Waals surface area (Å²) in [5, 5.41) is 8.59. The molecule has 1 aromatic heterocycles. The van der Waals surface area contributed by atoms with Gasteiger partial charge in [0, 0.05) is 34.2 Å². The first-order valence-corrected chi connectivity index (χ1v) is 11.2. The number of para-hydroxylation sites is 1. The highest BCUT2D eigenvalue weighted by atomic mass is 35.5. The number of fused-ring (bicyclic) bond motifs is 1. The van der Waals surface area contributed by atoms with Crippen molar-refractivity contribution in [1.82, 2.24) is 15.3 Å². The number of aryl methyl sites for hydroxylation is 1. The van der Waals surface area contributed by atoms with E-state index in [0.717, 1.165) is 29.4 Å². The Kier molecular flexibility index (Phi) is 7.94. The molecule has 168 valence electrons. The van der Waals surface area contributed by atoms with Gasteiger partial charge in [-0.25, -0.2) is 5.43 Å². The van der Waals surface area contributed by atoms with Crippen LogP contribution >= 0.6 is 23.2 Å². The molecule has 0 aliphatic rings. The highest BCUT2D eigenvalue weighted by molar-refractivity contribution is 6.36. The smallest absolute Gasteiger partial charge is 0.262 e. The normalized spacial score (nSPS) is 12.4. The molecule has 0 spiro atoms. The Labute approximate surface area is 197 Å². The van der Waals surface area contributed by atoms with E-state index in [1.54, 1.807) is 12.3 Å². The van der Waals surface area contributed by atoms with E-state index in [4.69, 9.17) is 23.2 Å². The highest BCUT2D eigenvalue weighted by Gasteiger charge is 2.25. The molecule has 32 heavy (non-hydrogen) atoms. The van der Waals surface area contributed by atoms with Crippen molar-refractivity contribution in [3.63, 3.8) is 0 Å². The second-order valence-electron chi connectivity index (χ2n) is 7.85. The minimum atomic E-state index is -0.784. The summed E-state index contributed by atoms with van der Waals surface area (Å²) >= 11 is 12.0. The minimum absolute atomic E-state index is 0.160. The number of hydrazone groups is 1. The van der Waals surface area contributed by atoms with Gasteiger partial charge in [-0.15, -0.1) is 0 Å². The van der Waals surface area contributed by atoms with Gasteiger partial charge in [-0.3, -0.25) is 9.59 Å². The number of halogens is 2. The Morgan fingerprint density at radius 3 is 2.59 bits per heavy atom. The average molecular weight is 473 g/mol. The lowest BCUT2D eigenvalue weighted by Gasteiger charge is -2.20. The number of carbonyl (C=O) groups excluding carboxylic acids is 2. The first-order valence-electron chi connectivity index (χ1n) is 10.5. The van der Waals surface area contributed by atoms with E-state index in [1.807, 2.05) is 38.2 Å². The van der Waals surface area contributed by atoms with E-state index in [2.05, 4.69) is 33.4 Å². The summed E-state index contributed by atoms with van der Waals surface area (Å²) in [4.78, 5) is 25.4. The lowest BCUT2D eigenvalue weighted by molar-refractivity contribution is -0.123. The standard InChI is InChI=1S/C24H26Cl2N4O2/c1-4-11-30-14-16(18-7-5-6-8-21(18)30)13-27-29-24(32)22(15(2)3)28-23(31)19-10-9-17(25)12-20(19)26/h5-10,12-15,22H,4,11H2,1-3H3,(H,28,31)(H,29,32). The number of rotatable bonds is 8. The number of nitrogens with one attached hydrogen (secondary N) is 2. The molecule has 1 unspecified atom stereocenters. The molecule has 0 aliphatic heterocycles. The fraction of sp³-hybridized carbons (Fsp3) is 0.292. The van der Waals surface area contributed by atoms with Gasteiger partial charge in [0.25, 0.3) is 11.8 Å². The van der Waals surface area contributed by atoms with Gasteiger partial charge < -0.3 is 9.88 Å². The van der Waals surface area contributed by atoms with E-state index < -0.39 is 17.9 Å². The molecule has 0 saturated carbocycles. The lowest BCUT2D eigenvalue weighted by Crippen LogP contribution is -2.48. The first-order chi connectivity index (χ1) is 15.3. The van der Waals surface area contributed by atoms with Gasteiger partial charge in [0.05, 0.1) is 16.8 Å². The molecule has 1 heterocycles. The van der Waals surface area contributed by atoms with Gasteiger partial charge >= 0.3 is 0 Å². The van der Waals surface area contributed by atoms with Crippen molar-refractivity contribution in [3.8, 4) is 0 Å². The van der Waals surface area contributed by atoms with E-state index >= 15 is 0 Å². The maximum Gasteiger partial charge on any atom is 0.262 e. The number of benzene rings is 2. The van der Waals surface area contributed by atoms with Crippen molar-refractivity contribution < 1.29 is 9.59 Å². The zero-order chi connectivity index (χ0) is 23.3. The SMILES string of the molecule is CCCn1cc(C=NNC(=O)C(NC(=O)c2ccc(Cl)cc2Cl)C(C)C)c2ccccc21. The second-order valence-corrected chi connectivity index (χ2v) is 8.69. The third-order valence-corrected chi connectivity index (χ3v) is 5.62. The summed E-state index contributed by atoms with van der Waals surface area (Å²) in [6.07, 6.45) is 4.66. The maximum atomic E-state index is 12.8. The largest absolute Gasteiger partial charge is 0.347 e. The first kappa shape index (κ1) is 23.8. The molecule has 0 aliphatic carbocycles. The summed E-state index contributed by atoms with van der Waals surface area (Å²) in [6.45, 7) is 6.71. The molecule has 8 heteroatoms. The average Bonchev–Trinajstić information content (AvgIpc) is 3.09. The molecular formula is C24H26Cl2N4O2. The predicted octanol–water partition coefficient (Wildman–Crippen LogP) is 5.26. The van der Waals surface area contributed by atoms with Crippen molar-refractivity contribution >= 4 is 52.1 Å². The molecule has 2 amide bonds. The van der Waals surface area contributed by atoms with Crippen LogP contribution in [0.2, 0.25) is 10.0 Å². The Hall–Kier alpha value is -2.83. The molecule has 3 rings (SSSR count). The van der Waals surface area contributed by atoms with E-state index in [9.17, 15) is 9.59 Å². The number of amides is 2. The van der Waals surface area contributed by atoms with Crippen LogP contribution in [-0.4, -0.2) is 28.6 Å². The number of aromatic nitrogens is 1. The quantitative estimate of drug-likeness (QED) is 0.346. The van der Waals surface area contributed by atoms with Crippen molar-refractivity contribution in [2.24, 2.45) is 11.0 Å². The van der Waals surface area contributed by atoms with Crippen LogP contribution in [0.5, 0.6) is 0 Å². The van der Waals surface area contributed by atoms with Crippen molar-refractivity contribution in [2.75, 3.05) is 0 Å². The Morgan fingerprint density at radius 2 is 1.91 bits per heavy atom. The zero-order valence-corrected chi connectivity index (χ0v) is 19.7. The Balaban J connectivity index is 1.72. The Bertz CT molecular complexity index is 1150. The maximum absolute atomic E-state index is 12.8. The van der Waals surface area contributed by atoms with Crippen molar-refractivity contribution in [2.45, 2.75) is 39.8 Å². The molecule has 0 bridgehead atoms. The number of hydrogen-bond acceptors (Lipinski definition) is 3. The van der Waals surface area contributed by atoms with Crippen LogP contribution in [0.1, 0.15) is 43.1 Å². The topological polar surface area (TPSA) is 75.5 Å². The summed E-state index contributed by atoms with van der Waals surface area (Å²) in [6, 6.07) is 11.9. The second kappa shape index (κ2) is 10.7. The minimum Gasteiger partial charge on any atom is -0.347 e. The van der Waals surface area contributed by atoms with Crippen LogP contribution in [0, 0.1) is 5.92 Å². The number of hydrogen-bond donors (Lipinski definition) is 2. The summed E-state index contributed by atoms with van der Waals surface area (Å²) in [5.74, 6) is -1.02. The fourth-order valence-corrected chi connectivity index (χ4v) is 3.96. The molecule has 0 radical (unpaired) electrons. The summed E-state index contributed by atoms with van der Waals surface area (Å²) < 4.78 is 2.17. The lowest BCUT2D eigenvalue weighted by atomic mass is 10.0. The van der Waals surface area contributed by atoms with Crippen LogP contribution < -0.4 is 10.7 Å². The molecule has 2 aromatic carbocycles. The summed E-state index contributed by atoms with van der Waals surface area (Å²) in [5.41, 5.74) is 4.83. The van der Waals surface area contributed by atoms with E-state index in [1.165, 1.54) is 12.1 Å². The van der Waals surface area contributed by atoms with Gasteiger partial charge in [-0.05, 0) is 36.6 Å². The molecule has 1 atom stereocenters. The van der Waals surface area contributed by atoms with Gasteiger partial charge in [0.1, 0.15) is 6.04 Å². The van der Waals surface area contributed by atoms with Crippen LogP contribution in [0.3, 0.4) is 0 Å². The van der Waals surface area contributed by atoms with Crippen molar-refractivity contribution in [1.29, 1.82) is 0 Å². The molecule has 6 nitrogen and oxygen atoms in total. The third kappa shape index (κ3) is 5.50. The van der Waals surface area contributed by atoms with Gasteiger partial charge in [-0.1, -0.05) is 62.2 Å². The zero-order valence-electron chi connectivity index (χ0n) is 18.2. The van der Waals surface area contributed by atoms with Crippen LogP contribution in [-0.2, 0) is 11.3 Å². The van der Waals surface area contributed by atoms with E-state index in [0.29, 0.717) is 5.02 Å². The fourth-order valence-electron chi connectivity index (χ4n) is 3.47. The third-order valence-electron chi connectivity index (χ3n) is 5.07. The van der Waals surface area contributed by atoms with Crippen molar-refractivity contribution in [3.05, 3.63) is 69.8 Å². The predicted molar refractivity (Wildman–Crippen MR) is 131 cm³/mol. The highest BCUT2D eigenvalue weighted by Crippen LogP contribution is 2.22. The van der Waals surface area contributed by atoms with Crippen LogP contribution in [0.4, 0.5) is 0 Å². The van der Waals surface area contributed by atoms with Gasteiger partial charge in [-0.2, -0.15) is 5.10 Å². The number of nitrogens with zero attached hydrogens (tertiary/aromatic N) is 2. The van der Waals surface area contributed by atoms with Crippen LogP contribution in [0.15, 0.2) is 53.8 Å². The molecule has 2 N–H and O–H groups in total. The molecule has 0 fully saturated rings. The Morgan fingerprint density at radius 1 is 1.16 bits per heavy atom. The summed E-state index contributed by atoms with van der Waals surface area (Å²) in [7, 11) is 0. The monoisotopic (exact) mass is 472 g/mol. The van der Waals surface area contributed by atoms with Gasteiger partial charge in [0.15, 0.2) is 0 Å². The number of carbonyl (C=O) groups is 2.